The predicted octanol–water partition coefficient (Wildman–Crippen LogP) is 0.492. The maximum Gasteiger partial charge on any atom is 0.256 e. The Morgan fingerprint density at radius 2 is 1.94 bits per heavy atom. The Labute approximate surface area is 191 Å². The second-order valence-corrected chi connectivity index (χ2v) is 8.86. The number of anilines is 1. The number of piperidine rings is 1. The first-order chi connectivity index (χ1) is 16.1. The number of carbonyl (C=O) groups is 2. The van der Waals surface area contributed by atoms with Crippen LogP contribution >= 0.6 is 0 Å². The summed E-state index contributed by atoms with van der Waals surface area (Å²) in [5.74, 6) is -0.865. The molecule has 0 radical (unpaired) electrons. The lowest BCUT2D eigenvalue weighted by molar-refractivity contribution is -0.131. The van der Waals surface area contributed by atoms with Crippen molar-refractivity contribution in [2.45, 2.75) is 31.3 Å². The molecular weight excluding hydrogens is 425 g/mol. The first-order valence-electron chi connectivity index (χ1n) is 11.5. The number of amides is 2. The second kappa shape index (κ2) is 9.40. The van der Waals surface area contributed by atoms with Gasteiger partial charge in [0.15, 0.2) is 0 Å². The third kappa shape index (κ3) is 4.53. The Morgan fingerprint density at radius 3 is 2.73 bits per heavy atom. The van der Waals surface area contributed by atoms with Gasteiger partial charge < -0.3 is 15.1 Å². The molecule has 2 amide bonds. The van der Waals surface area contributed by atoms with E-state index in [2.05, 4.69) is 31.0 Å². The average Bonchev–Trinajstić information content (AvgIpc) is 2.87. The van der Waals surface area contributed by atoms with Crippen LogP contribution in [0.3, 0.4) is 0 Å². The summed E-state index contributed by atoms with van der Waals surface area (Å²) in [5, 5.41) is 3.45. The van der Waals surface area contributed by atoms with Gasteiger partial charge in [-0.1, -0.05) is 6.07 Å². The summed E-state index contributed by atoms with van der Waals surface area (Å²) in [6, 6.07) is 4.73. The molecule has 0 spiro atoms. The third-order valence-corrected chi connectivity index (χ3v) is 6.85. The van der Waals surface area contributed by atoms with E-state index in [9.17, 15) is 14.0 Å². The molecule has 3 aliphatic rings. The van der Waals surface area contributed by atoms with Gasteiger partial charge in [0, 0.05) is 38.3 Å². The zero-order valence-electron chi connectivity index (χ0n) is 18.3. The monoisotopic (exact) mass is 453 g/mol. The highest BCUT2D eigenvalue weighted by Crippen LogP contribution is 2.25. The van der Waals surface area contributed by atoms with Crippen LogP contribution in [-0.4, -0.2) is 71.5 Å². The third-order valence-electron chi connectivity index (χ3n) is 6.85. The van der Waals surface area contributed by atoms with Crippen LogP contribution < -0.4 is 21.1 Å². The van der Waals surface area contributed by atoms with Crippen LogP contribution in [0.25, 0.3) is 0 Å². The molecule has 4 heterocycles. The number of nitrogens with zero attached hydrogens (tertiary/aromatic N) is 4. The Hall–Kier alpha value is -3.11. The number of piperazine rings is 1. The lowest BCUT2D eigenvalue weighted by atomic mass is 9.82. The molecule has 0 bridgehead atoms. The molecular formula is C23H28FN7O2. The molecule has 1 aromatic carbocycles. The first kappa shape index (κ1) is 21.7. The maximum absolute atomic E-state index is 14.7. The van der Waals surface area contributed by atoms with Crippen LogP contribution in [0.1, 0.15) is 28.8 Å². The molecule has 3 fully saturated rings. The van der Waals surface area contributed by atoms with E-state index in [-0.39, 0.29) is 35.4 Å². The van der Waals surface area contributed by atoms with Gasteiger partial charge in [-0.2, -0.15) is 0 Å². The minimum Gasteiger partial charge on any atom is -0.365 e. The molecule has 3 N–H and O–H groups in total. The number of hydrogen-bond donors (Lipinski definition) is 3. The summed E-state index contributed by atoms with van der Waals surface area (Å²) >= 11 is 0. The minimum absolute atomic E-state index is 0.0135. The molecule has 33 heavy (non-hydrogen) atoms. The standard InChI is InChI=1S/C23H28FN7O2/c24-19-4-3-15(11-20-21-17(2-1-5-27-21)22(32)29-28-20)10-18(19)23(33)31-8-6-30(7-9-31)16-12-25-14-26-13-16/h3-4,10,12-14,17,20-21,27-28H,1-2,5-9,11H2,(H,29,32). The highest BCUT2D eigenvalue weighted by molar-refractivity contribution is 5.95. The van der Waals surface area contributed by atoms with Gasteiger partial charge >= 0.3 is 0 Å². The first-order valence-corrected chi connectivity index (χ1v) is 11.5. The number of nitrogens with one attached hydrogen (secondary N) is 3. The van der Waals surface area contributed by atoms with Crippen LogP contribution in [0.5, 0.6) is 0 Å². The number of rotatable bonds is 4. The van der Waals surface area contributed by atoms with Gasteiger partial charge in [-0.25, -0.2) is 19.8 Å². The van der Waals surface area contributed by atoms with E-state index in [1.165, 1.54) is 12.4 Å². The molecule has 5 rings (SSSR count). The quantitative estimate of drug-likeness (QED) is 0.619. The average molecular weight is 454 g/mol. The smallest absolute Gasteiger partial charge is 0.256 e. The van der Waals surface area contributed by atoms with Gasteiger partial charge in [0.1, 0.15) is 12.1 Å². The summed E-state index contributed by atoms with van der Waals surface area (Å²) in [4.78, 5) is 37.2. The fourth-order valence-electron chi connectivity index (χ4n) is 5.06. The minimum atomic E-state index is -0.513. The number of hydrazine groups is 1. The Balaban J connectivity index is 1.26. The van der Waals surface area contributed by atoms with Gasteiger partial charge in [-0.15, -0.1) is 0 Å². The number of aromatic nitrogens is 2. The summed E-state index contributed by atoms with van der Waals surface area (Å²) in [5.41, 5.74) is 7.75. The van der Waals surface area contributed by atoms with E-state index in [0.717, 1.165) is 30.6 Å². The van der Waals surface area contributed by atoms with E-state index in [0.29, 0.717) is 32.6 Å². The summed E-state index contributed by atoms with van der Waals surface area (Å²) in [7, 11) is 0. The molecule has 1 aromatic heterocycles. The van der Waals surface area contributed by atoms with Crippen molar-refractivity contribution in [3.05, 3.63) is 53.9 Å². The van der Waals surface area contributed by atoms with E-state index in [4.69, 9.17) is 0 Å². The van der Waals surface area contributed by atoms with Crippen LogP contribution in [0.2, 0.25) is 0 Å². The molecule has 2 aromatic rings. The molecule has 3 aliphatic heterocycles. The van der Waals surface area contributed by atoms with Crippen molar-refractivity contribution >= 4 is 17.5 Å². The molecule has 3 unspecified atom stereocenters. The van der Waals surface area contributed by atoms with Crippen molar-refractivity contribution in [2.75, 3.05) is 37.6 Å². The molecule has 10 heteroatoms. The lowest BCUT2D eigenvalue weighted by Gasteiger charge is -2.41. The van der Waals surface area contributed by atoms with E-state index in [1.807, 2.05) is 0 Å². The van der Waals surface area contributed by atoms with E-state index >= 15 is 0 Å². The Bertz CT molecular complexity index is 1010. The number of benzene rings is 1. The van der Waals surface area contributed by atoms with Crippen LogP contribution in [0, 0.1) is 11.7 Å². The van der Waals surface area contributed by atoms with Crippen molar-refractivity contribution in [1.82, 2.24) is 31.0 Å². The van der Waals surface area contributed by atoms with Crippen molar-refractivity contribution in [3.8, 4) is 0 Å². The summed E-state index contributed by atoms with van der Waals surface area (Å²) < 4.78 is 14.7. The Kier molecular flexibility index (Phi) is 6.19. The van der Waals surface area contributed by atoms with E-state index in [1.54, 1.807) is 29.4 Å². The Morgan fingerprint density at radius 1 is 1.15 bits per heavy atom. The van der Waals surface area contributed by atoms with Gasteiger partial charge in [-0.05, 0) is 43.5 Å². The maximum atomic E-state index is 14.7. The lowest BCUT2D eigenvalue weighted by Crippen LogP contribution is -2.67. The number of halogens is 1. The normalized spacial score (nSPS) is 25.4. The zero-order chi connectivity index (χ0) is 22.8. The molecule has 3 saturated heterocycles. The van der Waals surface area contributed by atoms with Gasteiger partial charge in [-0.3, -0.25) is 15.0 Å². The molecule has 0 saturated carbocycles. The molecule has 0 aliphatic carbocycles. The van der Waals surface area contributed by atoms with Crippen molar-refractivity contribution in [1.29, 1.82) is 0 Å². The molecule has 9 nitrogen and oxygen atoms in total. The van der Waals surface area contributed by atoms with Crippen molar-refractivity contribution in [3.63, 3.8) is 0 Å². The fourth-order valence-corrected chi connectivity index (χ4v) is 5.06. The SMILES string of the molecule is O=C1NNC(Cc2ccc(F)c(C(=O)N3CCN(c4cncnc4)CC3)c2)C2NCCCC12. The zero-order valence-corrected chi connectivity index (χ0v) is 18.3. The van der Waals surface area contributed by atoms with Gasteiger partial charge in [0.2, 0.25) is 5.91 Å². The predicted molar refractivity (Wildman–Crippen MR) is 120 cm³/mol. The van der Waals surface area contributed by atoms with Crippen molar-refractivity contribution in [2.24, 2.45) is 5.92 Å². The summed E-state index contributed by atoms with van der Waals surface area (Å²) in [6.07, 6.45) is 7.40. The van der Waals surface area contributed by atoms with Crippen LogP contribution in [0.15, 0.2) is 36.9 Å². The number of hydrogen-bond acceptors (Lipinski definition) is 7. The van der Waals surface area contributed by atoms with Crippen LogP contribution in [-0.2, 0) is 11.2 Å². The highest BCUT2D eigenvalue weighted by atomic mass is 19.1. The van der Waals surface area contributed by atoms with E-state index < -0.39 is 5.82 Å². The topological polar surface area (TPSA) is 102 Å². The summed E-state index contributed by atoms with van der Waals surface area (Å²) in [6.45, 7) is 3.16. The molecule has 174 valence electrons. The second-order valence-electron chi connectivity index (χ2n) is 8.86. The highest BCUT2D eigenvalue weighted by Gasteiger charge is 2.40. The van der Waals surface area contributed by atoms with Gasteiger partial charge in [0.25, 0.3) is 5.91 Å². The van der Waals surface area contributed by atoms with Gasteiger partial charge in [0.05, 0.1) is 29.6 Å². The largest absolute Gasteiger partial charge is 0.365 e. The number of carbonyl (C=O) groups excluding carboxylic acids is 2. The van der Waals surface area contributed by atoms with Crippen molar-refractivity contribution < 1.29 is 14.0 Å². The van der Waals surface area contributed by atoms with Crippen LogP contribution in [0.4, 0.5) is 10.1 Å². The molecule has 3 atom stereocenters. The fraction of sp³-hybridized carbons (Fsp3) is 0.478. The number of fused-ring (bicyclic) bond motifs is 1.